The Morgan fingerprint density at radius 3 is 2.84 bits per heavy atom. The number of hydrogen-bond donors (Lipinski definition) is 3. The van der Waals surface area contributed by atoms with Crippen molar-refractivity contribution in [2.24, 2.45) is 5.16 Å². The summed E-state index contributed by atoms with van der Waals surface area (Å²) in [6.45, 7) is 1.02. The lowest BCUT2D eigenvalue weighted by Crippen LogP contribution is -2.75. The number of carboxylic acid groups (broad SMARTS) is 1. The third-order valence-electron chi connectivity index (χ3n) is 5.06. The van der Waals surface area contributed by atoms with Gasteiger partial charge in [-0.2, -0.15) is 0 Å². The summed E-state index contributed by atoms with van der Waals surface area (Å²) in [6.07, 6.45) is 0. The Bertz CT molecular complexity index is 937. The van der Waals surface area contributed by atoms with E-state index in [0.717, 1.165) is 11.3 Å². The van der Waals surface area contributed by atoms with Crippen LogP contribution in [0.5, 0.6) is 0 Å². The number of nitrogen functional groups attached to an aromatic ring is 1. The van der Waals surface area contributed by atoms with Gasteiger partial charge in [0.05, 0.1) is 18.5 Å². The highest BCUT2D eigenvalue weighted by atomic mass is 32.2. The molecule has 1 aromatic heterocycles. The zero-order chi connectivity index (χ0) is 22.9. The standard InChI is InChI=1S/C17H21N5O7S3/c1-27-21-10(9-4-30-16(18)19-9)12(23)20-11-13(24)22-5-17(15(25)26,6-31-14(11)22)32-8-2-28-7-29-3-8/h4,8,11,14H,2-3,5-7H2,1H3,(H2,18,19)(H,20,23)(H,25,26)/t11?,14-,17?/m1/s1. The number of carbonyl (C=O) groups excluding carboxylic acids is 2. The van der Waals surface area contributed by atoms with Crippen molar-refractivity contribution in [3.05, 3.63) is 11.1 Å². The molecule has 0 aliphatic carbocycles. The van der Waals surface area contributed by atoms with Gasteiger partial charge in [-0.3, -0.25) is 14.4 Å². The van der Waals surface area contributed by atoms with Crippen molar-refractivity contribution in [3.8, 4) is 0 Å². The number of aliphatic carboxylic acids is 1. The number of carboxylic acids is 1. The van der Waals surface area contributed by atoms with E-state index >= 15 is 0 Å². The second-order valence-electron chi connectivity index (χ2n) is 7.21. The molecule has 4 heterocycles. The van der Waals surface area contributed by atoms with E-state index in [-0.39, 0.29) is 52.2 Å². The second kappa shape index (κ2) is 9.43. The Balaban J connectivity index is 1.42. The molecule has 3 aliphatic rings. The predicted octanol–water partition coefficient (Wildman–Crippen LogP) is -0.595. The average molecular weight is 504 g/mol. The first-order chi connectivity index (χ1) is 15.3. The van der Waals surface area contributed by atoms with Crippen LogP contribution >= 0.6 is 34.9 Å². The number of nitrogens with zero attached hydrogens (tertiary/aromatic N) is 3. The van der Waals surface area contributed by atoms with Gasteiger partial charge in [-0.25, -0.2) is 4.98 Å². The molecule has 1 aromatic rings. The van der Waals surface area contributed by atoms with Crippen LogP contribution in [0.1, 0.15) is 5.69 Å². The smallest absolute Gasteiger partial charge is 0.322 e. The number of aromatic nitrogens is 1. The van der Waals surface area contributed by atoms with E-state index < -0.39 is 22.7 Å². The average Bonchev–Trinajstić information content (AvgIpc) is 3.22. The lowest BCUT2D eigenvalue weighted by molar-refractivity contribution is -0.151. The van der Waals surface area contributed by atoms with Gasteiger partial charge < -0.3 is 35.4 Å². The maximum Gasteiger partial charge on any atom is 0.322 e. The molecule has 32 heavy (non-hydrogen) atoms. The number of nitrogens with one attached hydrogen (secondary N) is 1. The number of fused-ring (bicyclic) bond motifs is 1. The van der Waals surface area contributed by atoms with Crippen LogP contribution in [0.4, 0.5) is 5.13 Å². The van der Waals surface area contributed by atoms with Crippen molar-refractivity contribution in [2.75, 3.05) is 45.1 Å². The maximum absolute atomic E-state index is 12.8. The Morgan fingerprint density at radius 1 is 1.47 bits per heavy atom. The number of amides is 2. The Labute approximate surface area is 195 Å². The first-order valence-electron chi connectivity index (χ1n) is 9.47. The van der Waals surface area contributed by atoms with E-state index in [9.17, 15) is 19.5 Å². The number of oxime groups is 1. The Hall–Kier alpha value is -2.07. The molecule has 0 radical (unpaired) electrons. The van der Waals surface area contributed by atoms with Gasteiger partial charge in [-0.15, -0.1) is 34.9 Å². The first-order valence-corrected chi connectivity index (χ1v) is 12.3. The van der Waals surface area contributed by atoms with E-state index in [4.69, 9.17) is 20.0 Å². The molecule has 2 amide bonds. The van der Waals surface area contributed by atoms with Gasteiger partial charge in [0.2, 0.25) is 5.91 Å². The molecule has 4 N–H and O–H groups in total. The largest absolute Gasteiger partial charge is 0.480 e. The molecular formula is C17H21N5O7S3. The van der Waals surface area contributed by atoms with E-state index in [1.54, 1.807) is 5.38 Å². The minimum absolute atomic E-state index is 0.0357. The number of anilines is 1. The van der Waals surface area contributed by atoms with Crippen molar-refractivity contribution < 1.29 is 33.8 Å². The van der Waals surface area contributed by atoms with Crippen LogP contribution in [0.25, 0.3) is 0 Å². The number of thiazole rings is 1. The summed E-state index contributed by atoms with van der Waals surface area (Å²) in [7, 11) is 1.29. The fourth-order valence-corrected chi connectivity index (χ4v) is 7.25. The number of carbonyl (C=O) groups is 3. The monoisotopic (exact) mass is 503 g/mol. The third-order valence-corrected chi connectivity index (χ3v) is 8.95. The van der Waals surface area contributed by atoms with Gasteiger partial charge in [0.15, 0.2) is 10.8 Å². The zero-order valence-electron chi connectivity index (χ0n) is 16.9. The number of ether oxygens (including phenoxy) is 2. The molecule has 3 aliphatic heterocycles. The van der Waals surface area contributed by atoms with Crippen LogP contribution < -0.4 is 11.1 Å². The molecule has 15 heteroatoms. The van der Waals surface area contributed by atoms with Gasteiger partial charge >= 0.3 is 5.97 Å². The first kappa shape index (κ1) is 23.1. The number of thioether (sulfide) groups is 2. The molecule has 0 spiro atoms. The summed E-state index contributed by atoms with van der Waals surface area (Å²) in [5.41, 5.74) is 5.77. The maximum atomic E-state index is 12.8. The van der Waals surface area contributed by atoms with Gasteiger partial charge in [-0.1, -0.05) is 5.16 Å². The Morgan fingerprint density at radius 2 is 2.22 bits per heavy atom. The molecule has 0 bridgehead atoms. The van der Waals surface area contributed by atoms with Crippen molar-refractivity contribution >= 4 is 63.5 Å². The molecule has 0 saturated carbocycles. The molecule has 0 aromatic carbocycles. The molecule has 3 fully saturated rings. The lowest BCUT2D eigenvalue weighted by Gasteiger charge is -2.54. The summed E-state index contributed by atoms with van der Waals surface area (Å²) in [6, 6.07) is -0.802. The number of β-lactam (4-membered cyclic amide) rings is 1. The van der Waals surface area contributed by atoms with Crippen molar-refractivity contribution in [1.29, 1.82) is 0 Å². The minimum Gasteiger partial charge on any atom is -0.480 e. The second-order valence-corrected chi connectivity index (χ2v) is 10.9. The highest BCUT2D eigenvalue weighted by Gasteiger charge is 2.58. The van der Waals surface area contributed by atoms with Crippen LogP contribution in [-0.2, 0) is 28.7 Å². The van der Waals surface area contributed by atoms with Gasteiger partial charge in [0.25, 0.3) is 5.91 Å². The van der Waals surface area contributed by atoms with Crippen LogP contribution in [0.2, 0.25) is 0 Å². The van der Waals surface area contributed by atoms with Crippen molar-refractivity contribution in [1.82, 2.24) is 15.2 Å². The zero-order valence-corrected chi connectivity index (χ0v) is 19.3. The van der Waals surface area contributed by atoms with E-state index in [2.05, 4.69) is 15.5 Å². The summed E-state index contributed by atoms with van der Waals surface area (Å²) in [5.74, 6) is -1.70. The van der Waals surface area contributed by atoms with E-state index in [1.165, 1.54) is 35.5 Å². The molecule has 3 saturated heterocycles. The molecular weight excluding hydrogens is 482 g/mol. The number of nitrogens with two attached hydrogens (primary N) is 1. The fraction of sp³-hybridized carbons (Fsp3) is 0.588. The normalized spacial score (nSPS) is 28.6. The summed E-state index contributed by atoms with van der Waals surface area (Å²) in [5, 5.41) is 17.6. The molecule has 174 valence electrons. The quantitative estimate of drug-likeness (QED) is 0.247. The van der Waals surface area contributed by atoms with Crippen molar-refractivity contribution in [3.63, 3.8) is 0 Å². The molecule has 2 unspecified atom stereocenters. The third kappa shape index (κ3) is 4.39. The highest BCUT2D eigenvalue weighted by molar-refractivity contribution is 8.05. The lowest BCUT2D eigenvalue weighted by atomic mass is 10.0. The number of rotatable bonds is 7. The van der Waals surface area contributed by atoms with E-state index in [0.29, 0.717) is 13.2 Å². The van der Waals surface area contributed by atoms with Gasteiger partial charge in [-0.05, 0) is 0 Å². The van der Waals surface area contributed by atoms with Gasteiger partial charge in [0.1, 0.15) is 35.8 Å². The van der Waals surface area contributed by atoms with Crippen LogP contribution in [0.3, 0.4) is 0 Å². The van der Waals surface area contributed by atoms with Crippen LogP contribution in [0, 0.1) is 0 Å². The summed E-state index contributed by atoms with van der Waals surface area (Å²) in [4.78, 5) is 48.0. The predicted molar refractivity (Wildman–Crippen MR) is 118 cm³/mol. The van der Waals surface area contributed by atoms with Crippen molar-refractivity contribution in [2.45, 2.75) is 21.4 Å². The van der Waals surface area contributed by atoms with Crippen LogP contribution in [0.15, 0.2) is 10.5 Å². The van der Waals surface area contributed by atoms with Crippen LogP contribution in [-0.4, -0.2) is 99.3 Å². The summed E-state index contributed by atoms with van der Waals surface area (Å²) >= 11 is 3.72. The SMILES string of the molecule is CON=C(C(=O)NC1C(=O)N2CC(SC3COCOC3)(C(=O)O)CS[C@H]12)c1csc(N)n1. The topological polar surface area (TPSA) is 166 Å². The summed E-state index contributed by atoms with van der Waals surface area (Å²) < 4.78 is 9.36. The highest BCUT2D eigenvalue weighted by Crippen LogP contribution is 2.45. The van der Waals surface area contributed by atoms with Gasteiger partial charge in [0, 0.05) is 17.7 Å². The Kier molecular flexibility index (Phi) is 6.80. The molecule has 4 rings (SSSR count). The number of hydrogen-bond acceptors (Lipinski definition) is 12. The molecule has 3 atom stereocenters. The minimum atomic E-state index is -1.18. The molecule has 12 nitrogen and oxygen atoms in total. The fourth-order valence-electron chi connectivity index (χ4n) is 3.56. The van der Waals surface area contributed by atoms with E-state index in [1.807, 2.05) is 0 Å².